The number of aliphatic hydroxyl groups excluding tert-OH is 3. The summed E-state index contributed by atoms with van der Waals surface area (Å²) in [5, 5.41) is 30.4. The van der Waals surface area contributed by atoms with Gasteiger partial charge in [-0.3, -0.25) is 4.90 Å². The molecule has 2 aliphatic heterocycles. The molecule has 1 aromatic rings. The van der Waals surface area contributed by atoms with Crippen molar-refractivity contribution in [3.05, 3.63) is 34.9 Å². The summed E-state index contributed by atoms with van der Waals surface area (Å²) in [6.07, 6.45) is -3.24. The fourth-order valence-corrected chi connectivity index (χ4v) is 3.63. The summed E-state index contributed by atoms with van der Waals surface area (Å²) in [7, 11) is 0. The summed E-state index contributed by atoms with van der Waals surface area (Å²) in [4.78, 5) is 14.2. The molecular weight excluding hydrogens is 298 g/mol. The lowest BCUT2D eigenvalue weighted by molar-refractivity contribution is -0.143. The standard InChI is InChI=1S/C17H23NO5/c1-9-3-4-11(10(2)7-9)17(22)23-13-8-18-6-5-12(19)14(18)16(21)15(13)20/h3-4,7,12-16,19-21H,5-6,8H2,1-2H3/t12-,13-,14+,15+,16+/m0/s1. The van der Waals surface area contributed by atoms with Crippen molar-refractivity contribution >= 4 is 5.97 Å². The number of hydrogen-bond acceptors (Lipinski definition) is 6. The van der Waals surface area contributed by atoms with Crippen LogP contribution in [0.1, 0.15) is 27.9 Å². The Hall–Kier alpha value is -1.47. The average molecular weight is 321 g/mol. The first-order valence-electron chi connectivity index (χ1n) is 7.95. The van der Waals surface area contributed by atoms with E-state index in [2.05, 4.69) is 0 Å². The normalized spacial score (nSPS) is 34.2. The average Bonchev–Trinajstić information content (AvgIpc) is 2.85. The molecule has 6 heteroatoms. The molecule has 23 heavy (non-hydrogen) atoms. The molecule has 126 valence electrons. The van der Waals surface area contributed by atoms with Crippen molar-refractivity contribution in [3.8, 4) is 0 Å². The summed E-state index contributed by atoms with van der Waals surface area (Å²) in [5.41, 5.74) is 2.33. The molecule has 0 aromatic heterocycles. The SMILES string of the molecule is Cc1ccc(C(=O)O[C@H]2CN3CC[C@H](O)[C@@H]3[C@@H](O)[C@@H]2O)c(C)c1. The topological polar surface area (TPSA) is 90.2 Å². The lowest BCUT2D eigenvalue weighted by Crippen LogP contribution is -2.62. The summed E-state index contributed by atoms with van der Waals surface area (Å²) >= 11 is 0. The van der Waals surface area contributed by atoms with Gasteiger partial charge in [0.2, 0.25) is 0 Å². The number of ether oxygens (including phenoxy) is 1. The van der Waals surface area contributed by atoms with Gasteiger partial charge in [0, 0.05) is 13.1 Å². The Balaban J connectivity index is 1.73. The monoisotopic (exact) mass is 321 g/mol. The number of piperidine rings is 1. The number of rotatable bonds is 2. The minimum absolute atomic E-state index is 0.316. The van der Waals surface area contributed by atoms with Gasteiger partial charge in [0.1, 0.15) is 18.3 Å². The van der Waals surface area contributed by atoms with Crippen molar-refractivity contribution in [2.75, 3.05) is 13.1 Å². The van der Waals surface area contributed by atoms with E-state index in [1.165, 1.54) is 0 Å². The van der Waals surface area contributed by atoms with Gasteiger partial charge in [0.25, 0.3) is 0 Å². The van der Waals surface area contributed by atoms with Crippen LogP contribution in [-0.2, 0) is 4.74 Å². The second-order valence-corrected chi connectivity index (χ2v) is 6.58. The van der Waals surface area contributed by atoms with Crippen LogP contribution in [0.3, 0.4) is 0 Å². The van der Waals surface area contributed by atoms with E-state index in [9.17, 15) is 20.1 Å². The van der Waals surface area contributed by atoms with E-state index >= 15 is 0 Å². The van der Waals surface area contributed by atoms with Crippen LogP contribution in [0.25, 0.3) is 0 Å². The highest BCUT2D eigenvalue weighted by molar-refractivity contribution is 5.91. The van der Waals surface area contributed by atoms with Gasteiger partial charge in [-0.05, 0) is 31.9 Å². The summed E-state index contributed by atoms with van der Waals surface area (Å²) in [5.74, 6) is -0.503. The zero-order valence-electron chi connectivity index (χ0n) is 13.3. The molecule has 0 spiro atoms. The van der Waals surface area contributed by atoms with Crippen molar-refractivity contribution in [1.29, 1.82) is 0 Å². The van der Waals surface area contributed by atoms with Gasteiger partial charge < -0.3 is 20.1 Å². The molecule has 2 fully saturated rings. The zero-order valence-corrected chi connectivity index (χ0v) is 13.3. The molecule has 6 nitrogen and oxygen atoms in total. The third-order valence-corrected chi connectivity index (χ3v) is 4.88. The van der Waals surface area contributed by atoms with Crippen LogP contribution in [0.15, 0.2) is 18.2 Å². The maximum absolute atomic E-state index is 12.4. The number of hydrogen-bond donors (Lipinski definition) is 3. The van der Waals surface area contributed by atoms with Crippen LogP contribution in [0, 0.1) is 13.8 Å². The maximum atomic E-state index is 12.4. The Kier molecular flexibility index (Phi) is 4.42. The van der Waals surface area contributed by atoms with Gasteiger partial charge in [-0.2, -0.15) is 0 Å². The third kappa shape index (κ3) is 2.99. The summed E-state index contributed by atoms with van der Waals surface area (Å²) in [6, 6.07) is 4.96. The Bertz CT molecular complexity index is 605. The number of fused-ring (bicyclic) bond motifs is 1. The molecule has 2 heterocycles. The Morgan fingerprint density at radius 1 is 1.22 bits per heavy atom. The van der Waals surface area contributed by atoms with Crippen molar-refractivity contribution in [2.24, 2.45) is 0 Å². The molecule has 0 bridgehead atoms. The summed E-state index contributed by atoms with van der Waals surface area (Å²) < 4.78 is 5.45. The van der Waals surface area contributed by atoms with E-state index < -0.39 is 36.4 Å². The first-order valence-corrected chi connectivity index (χ1v) is 7.95. The molecular formula is C17H23NO5. The van der Waals surface area contributed by atoms with Gasteiger partial charge in [0.05, 0.1) is 17.7 Å². The highest BCUT2D eigenvalue weighted by Gasteiger charge is 2.49. The number of esters is 1. The second-order valence-electron chi connectivity index (χ2n) is 6.58. The van der Waals surface area contributed by atoms with Crippen LogP contribution >= 0.6 is 0 Å². The number of benzene rings is 1. The highest BCUT2D eigenvalue weighted by atomic mass is 16.6. The fourth-order valence-electron chi connectivity index (χ4n) is 3.63. The van der Waals surface area contributed by atoms with Crippen molar-refractivity contribution in [3.63, 3.8) is 0 Å². The largest absolute Gasteiger partial charge is 0.455 e. The summed E-state index contributed by atoms with van der Waals surface area (Å²) in [6.45, 7) is 4.72. The number of nitrogens with zero attached hydrogens (tertiary/aromatic N) is 1. The van der Waals surface area contributed by atoms with Crippen LogP contribution in [0.4, 0.5) is 0 Å². The first kappa shape index (κ1) is 16.4. The second kappa shape index (κ2) is 6.20. The van der Waals surface area contributed by atoms with Gasteiger partial charge in [-0.25, -0.2) is 4.79 Å². The minimum Gasteiger partial charge on any atom is -0.455 e. The number of carbonyl (C=O) groups excluding carboxylic acids is 1. The maximum Gasteiger partial charge on any atom is 0.338 e. The van der Waals surface area contributed by atoms with Crippen LogP contribution < -0.4 is 0 Å². The van der Waals surface area contributed by atoms with E-state index in [0.29, 0.717) is 25.1 Å². The van der Waals surface area contributed by atoms with Crippen molar-refractivity contribution in [1.82, 2.24) is 4.90 Å². The molecule has 0 amide bonds. The van der Waals surface area contributed by atoms with Crippen LogP contribution in [0.5, 0.6) is 0 Å². The van der Waals surface area contributed by atoms with E-state index in [4.69, 9.17) is 4.74 Å². The predicted molar refractivity (Wildman–Crippen MR) is 83.1 cm³/mol. The number of aliphatic hydroxyl groups is 3. The van der Waals surface area contributed by atoms with Crippen molar-refractivity contribution < 1.29 is 24.9 Å². The predicted octanol–water partition coefficient (Wildman–Crippen LogP) is -0.000560. The van der Waals surface area contributed by atoms with Crippen LogP contribution in [-0.4, -0.2) is 69.7 Å². The van der Waals surface area contributed by atoms with Gasteiger partial charge in [-0.15, -0.1) is 0 Å². The number of carbonyl (C=O) groups is 1. The first-order chi connectivity index (χ1) is 10.9. The molecule has 0 aliphatic carbocycles. The lowest BCUT2D eigenvalue weighted by Gasteiger charge is -2.42. The van der Waals surface area contributed by atoms with Crippen LogP contribution in [0.2, 0.25) is 0 Å². The zero-order chi connectivity index (χ0) is 16.7. The molecule has 2 saturated heterocycles. The van der Waals surface area contributed by atoms with Gasteiger partial charge in [0.15, 0.2) is 0 Å². The minimum atomic E-state index is -1.20. The Morgan fingerprint density at radius 2 is 1.96 bits per heavy atom. The molecule has 0 saturated carbocycles. The van der Waals surface area contributed by atoms with E-state index in [0.717, 1.165) is 11.1 Å². The van der Waals surface area contributed by atoms with Gasteiger partial charge >= 0.3 is 5.97 Å². The number of aryl methyl sites for hydroxylation is 2. The molecule has 5 atom stereocenters. The Morgan fingerprint density at radius 3 is 2.65 bits per heavy atom. The third-order valence-electron chi connectivity index (χ3n) is 4.88. The lowest BCUT2D eigenvalue weighted by atomic mass is 9.93. The molecule has 3 N–H and O–H groups in total. The van der Waals surface area contributed by atoms with E-state index in [-0.39, 0.29) is 0 Å². The Labute approximate surface area is 135 Å². The molecule has 0 radical (unpaired) electrons. The molecule has 3 rings (SSSR count). The highest BCUT2D eigenvalue weighted by Crippen LogP contribution is 2.29. The molecule has 2 aliphatic rings. The fraction of sp³-hybridized carbons (Fsp3) is 0.588. The van der Waals surface area contributed by atoms with E-state index in [1.807, 2.05) is 30.9 Å². The van der Waals surface area contributed by atoms with E-state index in [1.54, 1.807) is 6.07 Å². The van der Waals surface area contributed by atoms with Gasteiger partial charge in [-0.1, -0.05) is 17.7 Å². The molecule has 1 aromatic carbocycles. The quantitative estimate of drug-likeness (QED) is 0.664. The smallest absolute Gasteiger partial charge is 0.338 e. The molecule has 0 unspecified atom stereocenters. The van der Waals surface area contributed by atoms with Crippen molar-refractivity contribution in [2.45, 2.75) is 50.7 Å².